The number of nitrogens with zero attached hydrogens (tertiary/aromatic N) is 3. The first-order valence-corrected chi connectivity index (χ1v) is 10.1. The van der Waals surface area contributed by atoms with E-state index in [0.717, 1.165) is 23.8 Å². The maximum atomic E-state index is 14.4. The van der Waals surface area contributed by atoms with Crippen LogP contribution in [-0.2, 0) is 13.1 Å². The highest BCUT2D eigenvalue weighted by molar-refractivity contribution is 6.31. The van der Waals surface area contributed by atoms with E-state index < -0.39 is 23.0 Å². The van der Waals surface area contributed by atoms with E-state index in [0.29, 0.717) is 15.9 Å². The summed E-state index contributed by atoms with van der Waals surface area (Å²) in [7, 11) is 0. The van der Waals surface area contributed by atoms with Crippen molar-refractivity contribution in [2.75, 3.05) is 0 Å². The largest absolute Gasteiger partial charge is 0.330 e. The zero-order chi connectivity index (χ0) is 22.4. The van der Waals surface area contributed by atoms with Gasteiger partial charge in [0.25, 0.3) is 5.56 Å². The third-order valence-electron chi connectivity index (χ3n) is 5.42. The first kappa shape index (κ1) is 20.3. The lowest BCUT2D eigenvalue weighted by atomic mass is 10.2. The van der Waals surface area contributed by atoms with Gasteiger partial charge in [0.2, 0.25) is 0 Å². The summed E-state index contributed by atoms with van der Waals surface area (Å²) in [5.74, 6) is -1.69. The summed E-state index contributed by atoms with van der Waals surface area (Å²) in [6.45, 7) is 0.0495. The minimum atomic E-state index is -0.608. The molecular formula is C24H15ClF3N3O. The fraction of sp³-hybridized carbons (Fsp3) is 0.0833. The summed E-state index contributed by atoms with van der Waals surface area (Å²) >= 11 is 6.24. The van der Waals surface area contributed by atoms with Gasteiger partial charge in [0.15, 0.2) is 0 Å². The summed E-state index contributed by atoms with van der Waals surface area (Å²) in [6, 6.07) is 14.3. The Bertz CT molecular complexity index is 1560. The molecule has 4 nitrogen and oxygen atoms in total. The number of fused-ring (bicyclic) bond motifs is 3. The Kier molecular flexibility index (Phi) is 4.98. The normalized spacial score (nSPS) is 11.5. The second kappa shape index (κ2) is 7.84. The molecule has 160 valence electrons. The second-order valence-electron chi connectivity index (χ2n) is 7.45. The Labute approximate surface area is 185 Å². The Morgan fingerprint density at radius 3 is 2.44 bits per heavy atom. The molecule has 0 fully saturated rings. The summed E-state index contributed by atoms with van der Waals surface area (Å²) in [6.07, 6.45) is 1.38. The average Bonchev–Trinajstić information content (AvgIpc) is 3.07. The van der Waals surface area contributed by atoms with E-state index in [4.69, 9.17) is 11.6 Å². The molecule has 2 heterocycles. The number of aromatic nitrogens is 3. The molecule has 0 saturated carbocycles. The molecule has 0 atom stereocenters. The van der Waals surface area contributed by atoms with Crippen molar-refractivity contribution in [2.24, 2.45) is 0 Å². The number of hydrogen-bond donors (Lipinski definition) is 0. The summed E-state index contributed by atoms with van der Waals surface area (Å²) in [5.41, 5.74) is 1.34. The van der Waals surface area contributed by atoms with Gasteiger partial charge >= 0.3 is 0 Å². The van der Waals surface area contributed by atoms with Crippen molar-refractivity contribution in [1.82, 2.24) is 14.1 Å². The molecule has 0 amide bonds. The Hall–Kier alpha value is -3.58. The van der Waals surface area contributed by atoms with Crippen LogP contribution in [0.2, 0.25) is 5.02 Å². The van der Waals surface area contributed by atoms with Gasteiger partial charge in [-0.15, -0.1) is 0 Å². The molecule has 0 unspecified atom stereocenters. The Morgan fingerprint density at radius 2 is 1.62 bits per heavy atom. The molecule has 2 aromatic heterocycles. The zero-order valence-corrected chi connectivity index (χ0v) is 17.3. The van der Waals surface area contributed by atoms with Gasteiger partial charge in [0, 0.05) is 16.0 Å². The number of hydrogen-bond acceptors (Lipinski definition) is 2. The van der Waals surface area contributed by atoms with Gasteiger partial charge in [-0.2, -0.15) is 0 Å². The number of rotatable bonds is 4. The van der Waals surface area contributed by atoms with Crippen molar-refractivity contribution < 1.29 is 13.2 Å². The molecular weight excluding hydrogens is 439 g/mol. The van der Waals surface area contributed by atoms with E-state index in [1.165, 1.54) is 29.1 Å². The lowest BCUT2D eigenvalue weighted by Crippen LogP contribution is -2.23. The minimum absolute atomic E-state index is 0.0639. The fourth-order valence-corrected chi connectivity index (χ4v) is 4.09. The summed E-state index contributed by atoms with van der Waals surface area (Å²) in [5, 5.41) is 0.919. The molecule has 3 aromatic carbocycles. The zero-order valence-electron chi connectivity index (χ0n) is 16.5. The van der Waals surface area contributed by atoms with Crippen molar-refractivity contribution in [3.05, 3.63) is 111 Å². The molecule has 0 N–H and O–H groups in total. The van der Waals surface area contributed by atoms with Crippen LogP contribution >= 0.6 is 11.6 Å². The fourth-order valence-electron chi connectivity index (χ4n) is 3.89. The third-order valence-corrected chi connectivity index (χ3v) is 5.79. The molecule has 0 bridgehead atoms. The highest BCUT2D eigenvalue weighted by atomic mass is 35.5. The minimum Gasteiger partial charge on any atom is -0.330 e. The van der Waals surface area contributed by atoms with Crippen molar-refractivity contribution in [3.63, 3.8) is 0 Å². The van der Waals surface area contributed by atoms with Crippen LogP contribution in [0.5, 0.6) is 0 Å². The topological polar surface area (TPSA) is 39.8 Å². The maximum Gasteiger partial charge on any atom is 0.278 e. The molecule has 8 heteroatoms. The van der Waals surface area contributed by atoms with Gasteiger partial charge in [-0.1, -0.05) is 29.8 Å². The molecule has 0 aliphatic heterocycles. The highest BCUT2D eigenvalue weighted by Crippen LogP contribution is 2.28. The lowest BCUT2D eigenvalue weighted by Gasteiger charge is -2.11. The van der Waals surface area contributed by atoms with Crippen LogP contribution in [-0.4, -0.2) is 14.1 Å². The van der Waals surface area contributed by atoms with Crippen LogP contribution in [0.15, 0.2) is 71.8 Å². The first-order valence-electron chi connectivity index (χ1n) is 9.76. The molecule has 0 aliphatic rings. The predicted molar refractivity (Wildman–Crippen MR) is 117 cm³/mol. The predicted octanol–water partition coefficient (Wildman–Crippen LogP) is 5.52. The van der Waals surface area contributed by atoms with Crippen molar-refractivity contribution in [3.8, 4) is 0 Å². The van der Waals surface area contributed by atoms with E-state index >= 15 is 0 Å². The summed E-state index contributed by atoms with van der Waals surface area (Å²) < 4.78 is 45.1. The monoisotopic (exact) mass is 453 g/mol. The highest BCUT2D eigenvalue weighted by Gasteiger charge is 2.19. The van der Waals surface area contributed by atoms with Gasteiger partial charge in [-0.05, 0) is 48.0 Å². The van der Waals surface area contributed by atoms with Crippen molar-refractivity contribution in [2.45, 2.75) is 13.1 Å². The maximum absolute atomic E-state index is 14.4. The van der Waals surface area contributed by atoms with Gasteiger partial charge < -0.3 is 4.57 Å². The van der Waals surface area contributed by atoms with Gasteiger partial charge in [0.1, 0.15) is 28.5 Å². The lowest BCUT2D eigenvalue weighted by molar-refractivity contribution is 0.580. The Balaban J connectivity index is 1.75. The quantitative estimate of drug-likeness (QED) is 0.359. The molecule has 5 rings (SSSR count). The van der Waals surface area contributed by atoms with Crippen molar-refractivity contribution >= 4 is 33.5 Å². The molecule has 0 radical (unpaired) electrons. The van der Waals surface area contributed by atoms with E-state index in [1.807, 2.05) is 6.07 Å². The van der Waals surface area contributed by atoms with Crippen molar-refractivity contribution in [1.29, 1.82) is 0 Å². The molecule has 0 saturated heterocycles. The van der Waals surface area contributed by atoms with Gasteiger partial charge in [-0.3, -0.25) is 9.36 Å². The van der Waals surface area contributed by atoms with Crippen LogP contribution in [0.4, 0.5) is 13.2 Å². The van der Waals surface area contributed by atoms with E-state index in [-0.39, 0.29) is 29.7 Å². The van der Waals surface area contributed by atoms with Gasteiger partial charge in [0.05, 0.1) is 24.9 Å². The number of benzene rings is 3. The smallest absolute Gasteiger partial charge is 0.278 e. The van der Waals surface area contributed by atoms with E-state index in [9.17, 15) is 18.0 Å². The van der Waals surface area contributed by atoms with Crippen LogP contribution in [0, 0.1) is 17.5 Å². The average molecular weight is 454 g/mol. The Morgan fingerprint density at radius 1 is 0.875 bits per heavy atom. The molecule has 0 spiro atoms. The molecule has 32 heavy (non-hydrogen) atoms. The second-order valence-corrected chi connectivity index (χ2v) is 7.86. The summed E-state index contributed by atoms with van der Waals surface area (Å²) in [4.78, 5) is 17.9. The third kappa shape index (κ3) is 3.44. The standard InChI is InChI=1S/C24H15ClF3N3O/c25-19-4-2-1-3-14(19)11-30-13-29-22-18-10-17(27)6-8-21(18)31(23(22)24(30)32)12-15-9-16(26)5-7-20(15)28/h1-10,13H,11-12H2. The van der Waals surface area contributed by atoms with E-state index in [1.54, 1.807) is 22.8 Å². The van der Waals surface area contributed by atoms with Crippen LogP contribution in [0.25, 0.3) is 21.9 Å². The number of halogens is 4. The SMILES string of the molecule is O=c1c2c(ncn1Cc1ccccc1Cl)c1cc(F)ccc1n2Cc1cc(F)ccc1F. The molecule has 5 aromatic rings. The first-order chi connectivity index (χ1) is 15.4. The van der Waals surface area contributed by atoms with Gasteiger partial charge in [-0.25, -0.2) is 18.2 Å². The molecule has 0 aliphatic carbocycles. The van der Waals surface area contributed by atoms with E-state index in [2.05, 4.69) is 4.98 Å². The van der Waals surface area contributed by atoms with Crippen LogP contribution < -0.4 is 5.56 Å². The van der Waals surface area contributed by atoms with Crippen LogP contribution in [0.3, 0.4) is 0 Å². The van der Waals surface area contributed by atoms with Crippen LogP contribution in [0.1, 0.15) is 11.1 Å².